The van der Waals surface area contributed by atoms with Crippen molar-refractivity contribution in [1.82, 2.24) is 0 Å². The maximum absolute atomic E-state index is 12.8. The molecule has 0 aliphatic heterocycles. The molecule has 1 N–H and O–H groups in total. The van der Waals surface area contributed by atoms with E-state index in [1.807, 2.05) is 21.1 Å². The summed E-state index contributed by atoms with van der Waals surface area (Å²) < 4.78 is 27.3. The van der Waals surface area contributed by atoms with Crippen LogP contribution in [0.5, 0.6) is 0 Å². The first-order valence-electron chi connectivity index (χ1n) is 13.7. The summed E-state index contributed by atoms with van der Waals surface area (Å²) in [6.07, 6.45) is 13.6. The number of likely N-dealkylation sites (N-methyl/N-ethyl adjacent to an activating group) is 1. The first kappa shape index (κ1) is 35.2. The number of quaternary nitrogens is 1. The molecule has 0 bridgehead atoms. The lowest BCUT2D eigenvalue weighted by Crippen LogP contribution is -2.45. The fourth-order valence-electron chi connectivity index (χ4n) is 3.89. The molecule has 0 fully saturated rings. The highest BCUT2D eigenvalue weighted by molar-refractivity contribution is 7.45. The zero-order valence-corrected chi connectivity index (χ0v) is 24.3. The van der Waals surface area contributed by atoms with E-state index < -0.39 is 39.2 Å². The van der Waals surface area contributed by atoms with Gasteiger partial charge in [0.1, 0.15) is 12.6 Å². The Morgan fingerprint density at radius 3 is 1.78 bits per heavy atom. The van der Waals surface area contributed by atoms with E-state index in [-0.39, 0.29) is 18.7 Å². The first-order valence-corrected chi connectivity index (χ1v) is 15.1. The number of phosphoric ester groups is 1. The number of ketones is 1. The van der Waals surface area contributed by atoms with E-state index in [0.29, 0.717) is 10.9 Å². The van der Waals surface area contributed by atoms with Crippen LogP contribution >= 0.6 is 7.82 Å². The number of hydrogen-bond acceptors (Lipinski definition) is 8. The molecule has 0 radical (unpaired) electrons. The van der Waals surface area contributed by atoms with Gasteiger partial charge in [0.25, 0.3) is 7.82 Å². The summed E-state index contributed by atoms with van der Waals surface area (Å²) in [6, 6.07) is 0. The fourth-order valence-corrected chi connectivity index (χ4v) is 4.79. The van der Waals surface area contributed by atoms with E-state index in [0.717, 1.165) is 26.2 Å². The average molecular weight is 538 g/mol. The van der Waals surface area contributed by atoms with Gasteiger partial charge in [0.05, 0.1) is 34.4 Å². The Balaban J connectivity index is 4.35. The average Bonchev–Trinajstić information content (AvgIpc) is 2.77. The predicted octanol–water partition coefficient (Wildman–Crippen LogP) is 4.54. The molecule has 0 rings (SSSR count). The monoisotopic (exact) mass is 537 g/mol. The van der Waals surface area contributed by atoms with Gasteiger partial charge < -0.3 is 28.3 Å². The van der Waals surface area contributed by atoms with Crippen LogP contribution in [0.15, 0.2) is 0 Å². The van der Waals surface area contributed by atoms with Gasteiger partial charge in [-0.1, -0.05) is 84.0 Å². The molecule has 0 aliphatic rings. The van der Waals surface area contributed by atoms with Crippen molar-refractivity contribution in [3.63, 3.8) is 0 Å². The van der Waals surface area contributed by atoms with Crippen LogP contribution < -0.4 is 4.89 Å². The van der Waals surface area contributed by atoms with Crippen molar-refractivity contribution < 1.29 is 42.4 Å². The Morgan fingerprint density at radius 1 is 0.889 bits per heavy atom. The van der Waals surface area contributed by atoms with Crippen LogP contribution in [-0.2, 0) is 27.9 Å². The van der Waals surface area contributed by atoms with Crippen LogP contribution in [0.25, 0.3) is 0 Å². The van der Waals surface area contributed by atoms with Crippen molar-refractivity contribution in [1.29, 1.82) is 0 Å². The minimum atomic E-state index is -4.85. The van der Waals surface area contributed by atoms with E-state index in [1.54, 1.807) is 0 Å². The van der Waals surface area contributed by atoms with Crippen LogP contribution in [0.4, 0.5) is 0 Å². The molecule has 3 atom stereocenters. The van der Waals surface area contributed by atoms with Crippen molar-refractivity contribution >= 4 is 19.6 Å². The van der Waals surface area contributed by atoms with E-state index in [4.69, 9.17) is 13.8 Å². The number of nitrogens with zero attached hydrogens (tertiary/aromatic N) is 1. The standard InChI is InChI=1S/C26H52NO8P/c1-6-7-8-9-10-11-12-13-14-15-16-17-18-19-25(30)26(20-27(3,4)5)35-36(31,32)33-22-24(21-28)34-23(2)29/h24,26,28H,6-22H2,1-5H3/t24-,26?/m1/s1. The summed E-state index contributed by atoms with van der Waals surface area (Å²) in [5.74, 6) is -0.945. The number of esters is 1. The van der Waals surface area contributed by atoms with E-state index in [9.17, 15) is 24.2 Å². The highest BCUT2D eigenvalue weighted by Gasteiger charge is 2.30. The molecule has 0 aromatic rings. The van der Waals surface area contributed by atoms with Gasteiger partial charge in [-0.2, -0.15) is 0 Å². The van der Waals surface area contributed by atoms with E-state index in [2.05, 4.69) is 6.92 Å². The topological polar surface area (TPSA) is 122 Å². The molecule has 0 saturated heterocycles. The Morgan fingerprint density at radius 2 is 1.36 bits per heavy atom. The zero-order valence-electron chi connectivity index (χ0n) is 23.4. The minimum Gasteiger partial charge on any atom is -0.756 e. The van der Waals surface area contributed by atoms with Crippen molar-refractivity contribution in [2.75, 3.05) is 40.9 Å². The summed E-state index contributed by atoms with van der Waals surface area (Å²) >= 11 is 0. The lowest BCUT2D eigenvalue weighted by molar-refractivity contribution is -0.872. The van der Waals surface area contributed by atoms with Gasteiger partial charge in [0, 0.05) is 13.3 Å². The van der Waals surface area contributed by atoms with Crippen molar-refractivity contribution in [2.45, 2.75) is 116 Å². The Bertz CT molecular complexity index is 638. The molecule has 10 heteroatoms. The van der Waals surface area contributed by atoms with Gasteiger partial charge in [-0.25, -0.2) is 0 Å². The number of carbonyl (C=O) groups is 2. The number of aliphatic hydroxyl groups is 1. The van der Waals surface area contributed by atoms with Gasteiger partial charge in [-0.3, -0.25) is 14.2 Å². The molecule has 36 heavy (non-hydrogen) atoms. The van der Waals surface area contributed by atoms with Crippen LogP contribution in [0, 0.1) is 0 Å². The molecule has 0 saturated carbocycles. The van der Waals surface area contributed by atoms with Crippen LogP contribution in [0.1, 0.15) is 104 Å². The summed E-state index contributed by atoms with van der Waals surface area (Å²) in [4.78, 5) is 36.1. The zero-order chi connectivity index (χ0) is 27.5. The van der Waals surface area contributed by atoms with Gasteiger partial charge in [-0.05, 0) is 6.42 Å². The number of unbranched alkanes of at least 4 members (excludes halogenated alkanes) is 12. The van der Waals surface area contributed by atoms with Crippen molar-refractivity contribution in [3.8, 4) is 0 Å². The molecule has 0 aromatic heterocycles. The van der Waals surface area contributed by atoms with Crippen molar-refractivity contribution in [3.05, 3.63) is 0 Å². The molecule has 0 spiro atoms. The number of rotatable bonds is 24. The molecule has 9 nitrogen and oxygen atoms in total. The van der Waals surface area contributed by atoms with Gasteiger partial charge in [0.15, 0.2) is 11.9 Å². The smallest absolute Gasteiger partial charge is 0.303 e. The molecule has 0 aromatic carbocycles. The molecule has 214 valence electrons. The van der Waals surface area contributed by atoms with Crippen LogP contribution in [0.2, 0.25) is 0 Å². The largest absolute Gasteiger partial charge is 0.756 e. The third-order valence-electron chi connectivity index (χ3n) is 5.81. The summed E-state index contributed by atoms with van der Waals surface area (Å²) in [5, 5.41) is 9.20. The summed E-state index contributed by atoms with van der Waals surface area (Å²) in [5.41, 5.74) is 0. The molecular weight excluding hydrogens is 485 g/mol. The lowest BCUT2D eigenvalue weighted by Gasteiger charge is -2.32. The number of Topliss-reactive ketones (excluding diaryl/α,β-unsaturated/α-hetero) is 1. The van der Waals surface area contributed by atoms with Crippen molar-refractivity contribution in [2.24, 2.45) is 0 Å². The van der Waals surface area contributed by atoms with Crippen LogP contribution in [0.3, 0.4) is 0 Å². The summed E-state index contributed by atoms with van der Waals surface area (Å²) in [7, 11) is 0.670. The normalized spacial score (nSPS) is 15.3. The summed E-state index contributed by atoms with van der Waals surface area (Å²) in [6.45, 7) is 2.36. The predicted molar refractivity (Wildman–Crippen MR) is 139 cm³/mol. The molecular formula is C26H52NO8P. The number of hydrogen-bond donors (Lipinski definition) is 1. The lowest BCUT2D eigenvalue weighted by atomic mass is 10.0. The SMILES string of the molecule is CCCCCCCCCCCCCCCC(=O)C(C[N+](C)(C)C)OP(=O)([O-])OC[C@@H](CO)OC(C)=O. The minimum absolute atomic E-state index is 0.167. The second kappa shape index (κ2) is 20.2. The Labute approximate surface area is 219 Å². The molecule has 0 amide bonds. The maximum atomic E-state index is 12.8. The molecule has 2 unspecified atom stereocenters. The third-order valence-corrected chi connectivity index (χ3v) is 6.79. The van der Waals surface area contributed by atoms with Gasteiger partial charge in [-0.15, -0.1) is 0 Å². The van der Waals surface area contributed by atoms with Gasteiger partial charge in [0.2, 0.25) is 0 Å². The molecule has 0 heterocycles. The van der Waals surface area contributed by atoms with Crippen LogP contribution in [-0.4, -0.2) is 74.5 Å². The molecule has 0 aliphatic carbocycles. The number of ether oxygens (including phenoxy) is 1. The Kier molecular flexibility index (Phi) is 19.7. The van der Waals surface area contributed by atoms with E-state index >= 15 is 0 Å². The Hall–Kier alpha value is -0.830. The number of aliphatic hydroxyl groups excluding tert-OH is 1. The second-order valence-corrected chi connectivity index (χ2v) is 12.0. The first-order chi connectivity index (χ1) is 16.9. The highest BCUT2D eigenvalue weighted by Crippen LogP contribution is 2.40. The fraction of sp³-hybridized carbons (Fsp3) is 0.923. The quantitative estimate of drug-likeness (QED) is 0.0824. The number of phosphoric acid groups is 1. The third kappa shape index (κ3) is 21.3. The number of carbonyl (C=O) groups excluding carboxylic acids is 2. The van der Waals surface area contributed by atoms with Gasteiger partial charge >= 0.3 is 5.97 Å². The highest BCUT2D eigenvalue weighted by atomic mass is 31.2. The van der Waals surface area contributed by atoms with E-state index in [1.165, 1.54) is 57.8 Å². The second-order valence-electron chi connectivity index (χ2n) is 10.7. The maximum Gasteiger partial charge on any atom is 0.303 e.